The summed E-state index contributed by atoms with van der Waals surface area (Å²) in [6.45, 7) is 1.39. The lowest BCUT2D eigenvalue weighted by Crippen LogP contribution is -2.43. The first-order chi connectivity index (χ1) is 8.63. The average Bonchev–Trinajstić information content (AvgIpc) is 2.68. The molecule has 2 atom stereocenters. The first kappa shape index (κ1) is 11.7. The molecule has 2 heterocycles. The summed E-state index contributed by atoms with van der Waals surface area (Å²) in [6, 6.07) is 4.75. The van der Waals surface area contributed by atoms with Crippen molar-refractivity contribution in [2.75, 3.05) is 23.7 Å². The second-order valence-electron chi connectivity index (χ2n) is 4.98. The molecule has 3 rings (SSSR count). The third kappa shape index (κ3) is 2.03. The monoisotopic (exact) mass is 254 g/mol. The van der Waals surface area contributed by atoms with Crippen molar-refractivity contribution in [3.05, 3.63) is 23.8 Å². The number of hydrogen-bond acceptors (Lipinski definition) is 3. The molecule has 2 N–H and O–H groups in total. The zero-order valence-corrected chi connectivity index (χ0v) is 9.98. The Morgan fingerprint density at radius 1 is 1.22 bits per heavy atom. The minimum atomic E-state index is -2.50. The maximum atomic E-state index is 13.1. The quantitative estimate of drug-likeness (QED) is 0.824. The van der Waals surface area contributed by atoms with Gasteiger partial charge in [0, 0.05) is 30.0 Å². The number of hydrogen-bond donors (Lipinski definition) is 1. The molecule has 2 fully saturated rings. The van der Waals surface area contributed by atoms with Crippen molar-refractivity contribution in [1.29, 1.82) is 0 Å². The number of anilines is 2. The van der Waals surface area contributed by atoms with Crippen LogP contribution in [0, 0.1) is 0 Å². The molecule has 18 heavy (non-hydrogen) atoms. The molecular formula is C13H16F2N2O. The molecule has 3 nitrogen and oxygen atoms in total. The van der Waals surface area contributed by atoms with E-state index in [4.69, 9.17) is 10.5 Å². The predicted molar refractivity (Wildman–Crippen MR) is 65.9 cm³/mol. The van der Waals surface area contributed by atoms with Crippen molar-refractivity contribution in [3.63, 3.8) is 0 Å². The Balaban J connectivity index is 1.91. The van der Waals surface area contributed by atoms with Crippen LogP contribution in [0.4, 0.5) is 20.2 Å². The van der Waals surface area contributed by atoms with E-state index in [-0.39, 0.29) is 17.8 Å². The van der Waals surface area contributed by atoms with Gasteiger partial charge in [-0.2, -0.15) is 0 Å². The molecular weight excluding hydrogens is 238 g/mol. The van der Waals surface area contributed by atoms with Crippen molar-refractivity contribution in [2.24, 2.45) is 0 Å². The maximum absolute atomic E-state index is 13.1. The van der Waals surface area contributed by atoms with Gasteiger partial charge in [0.2, 0.25) is 0 Å². The van der Waals surface area contributed by atoms with Crippen LogP contribution in [0.15, 0.2) is 18.2 Å². The molecule has 0 amide bonds. The smallest absolute Gasteiger partial charge is 0.265 e. The first-order valence-electron chi connectivity index (χ1n) is 6.21. The third-order valence-electron chi connectivity index (χ3n) is 3.67. The Morgan fingerprint density at radius 2 is 1.89 bits per heavy atom. The van der Waals surface area contributed by atoms with E-state index in [0.29, 0.717) is 24.5 Å². The number of fused-ring (bicyclic) bond motifs is 2. The summed E-state index contributed by atoms with van der Waals surface area (Å²) in [5.41, 5.74) is 6.59. The fourth-order valence-corrected chi connectivity index (χ4v) is 2.85. The topological polar surface area (TPSA) is 38.5 Å². The maximum Gasteiger partial charge on any atom is 0.265 e. The van der Waals surface area contributed by atoms with Crippen LogP contribution in [0.5, 0.6) is 0 Å². The van der Waals surface area contributed by atoms with E-state index in [9.17, 15) is 8.78 Å². The van der Waals surface area contributed by atoms with Gasteiger partial charge < -0.3 is 15.4 Å². The summed E-state index contributed by atoms with van der Waals surface area (Å²) in [4.78, 5) is 2.01. The molecule has 2 saturated heterocycles. The Morgan fingerprint density at radius 3 is 2.50 bits per heavy atom. The largest absolute Gasteiger partial charge is 0.399 e. The first-order valence-corrected chi connectivity index (χ1v) is 6.21. The van der Waals surface area contributed by atoms with Gasteiger partial charge in [-0.05, 0) is 31.0 Å². The summed E-state index contributed by atoms with van der Waals surface area (Å²) < 4.78 is 31.8. The molecule has 0 radical (unpaired) electrons. The average molecular weight is 254 g/mol. The Kier molecular flexibility index (Phi) is 2.86. The summed E-state index contributed by atoms with van der Waals surface area (Å²) in [5.74, 6) is 0. The van der Waals surface area contributed by atoms with Crippen molar-refractivity contribution in [2.45, 2.75) is 31.5 Å². The van der Waals surface area contributed by atoms with Gasteiger partial charge in [0.15, 0.2) is 0 Å². The molecule has 2 aliphatic rings. The second-order valence-corrected chi connectivity index (χ2v) is 4.98. The molecule has 2 aliphatic heterocycles. The Bertz CT molecular complexity index is 441. The number of ether oxygens (including phenoxy) is 1. The molecule has 0 saturated carbocycles. The number of nitrogen functional groups attached to an aromatic ring is 1. The highest BCUT2D eigenvalue weighted by molar-refractivity contribution is 5.60. The Labute approximate surface area is 105 Å². The van der Waals surface area contributed by atoms with Crippen molar-refractivity contribution in [1.82, 2.24) is 0 Å². The van der Waals surface area contributed by atoms with E-state index in [0.717, 1.165) is 12.8 Å². The lowest BCUT2D eigenvalue weighted by molar-refractivity contribution is 0.0301. The molecule has 5 heteroatoms. The van der Waals surface area contributed by atoms with E-state index in [2.05, 4.69) is 0 Å². The number of benzene rings is 1. The van der Waals surface area contributed by atoms with E-state index < -0.39 is 6.43 Å². The van der Waals surface area contributed by atoms with Crippen LogP contribution in [0.25, 0.3) is 0 Å². The number of nitrogens with zero attached hydrogens (tertiary/aromatic N) is 1. The number of halogens is 2. The number of morpholine rings is 1. The van der Waals surface area contributed by atoms with Gasteiger partial charge in [-0.1, -0.05) is 0 Å². The highest BCUT2D eigenvalue weighted by atomic mass is 19.3. The molecule has 1 aromatic carbocycles. The van der Waals surface area contributed by atoms with Crippen LogP contribution in [0.3, 0.4) is 0 Å². The highest BCUT2D eigenvalue weighted by Gasteiger charge is 2.35. The van der Waals surface area contributed by atoms with E-state index in [1.165, 1.54) is 6.07 Å². The third-order valence-corrected chi connectivity index (χ3v) is 3.67. The molecule has 2 bridgehead atoms. The normalized spacial score (nSPS) is 26.9. The summed E-state index contributed by atoms with van der Waals surface area (Å²) in [7, 11) is 0. The molecule has 0 aliphatic carbocycles. The van der Waals surface area contributed by atoms with Crippen LogP contribution in [0.1, 0.15) is 24.8 Å². The minimum absolute atomic E-state index is 0.0244. The highest BCUT2D eigenvalue weighted by Crippen LogP contribution is 2.35. The van der Waals surface area contributed by atoms with E-state index in [1.807, 2.05) is 4.90 Å². The van der Waals surface area contributed by atoms with Gasteiger partial charge in [0.05, 0.1) is 12.2 Å². The van der Waals surface area contributed by atoms with Gasteiger partial charge in [-0.25, -0.2) is 8.78 Å². The lowest BCUT2D eigenvalue weighted by atomic mass is 10.1. The molecule has 2 unspecified atom stereocenters. The summed E-state index contributed by atoms with van der Waals surface area (Å²) >= 11 is 0. The SMILES string of the molecule is Nc1ccc(N2CC3CCC(C2)O3)c(C(F)F)c1. The van der Waals surface area contributed by atoms with Gasteiger partial charge in [0.1, 0.15) is 0 Å². The van der Waals surface area contributed by atoms with E-state index in [1.54, 1.807) is 12.1 Å². The van der Waals surface area contributed by atoms with Crippen LogP contribution in [-0.2, 0) is 4.74 Å². The van der Waals surface area contributed by atoms with Crippen LogP contribution in [0.2, 0.25) is 0 Å². The molecule has 0 spiro atoms. The zero-order valence-electron chi connectivity index (χ0n) is 9.98. The second kappa shape index (κ2) is 4.39. The number of rotatable bonds is 2. The fraction of sp³-hybridized carbons (Fsp3) is 0.538. The summed E-state index contributed by atoms with van der Waals surface area (Å²) in [5, 5.41) is 0. The fourth-order valence-electron chi connectivity index (χ4n) is 2.85. The van der Waals surface area contributed by atoms with Crippen LogP contribution < -0.4 is 10.6 Å². The lowest BCUT2D eigenvalue weighted by Gasteiger charge is -2.35. The van der Waals surface area contributed by atoms with Crippen molar-refractivity contribution in [3.8, 4) is 0 Å². The predicted octanol–water partition coefficient (Wildman–Crippen LogP) is 2.57. The zero-order chi connectivity index (χ0) is 12.7. The minimum Gasteiger partial charge on any atom is -0.399 e. The van der Waals surface area contributed by atoms with Crippen molar-refractivity contribution < 1.29 is 13.5 Å². The number of alkyl halides is 2. The van der Waals surface area contributed by atoms with Crippen molar-refractivity contribution >= 4 is 11.4 Å². The van der Waals surface area contributed by atoms with Gasteiger partial charge >= 0.3 is 0 Å². The Hall–Kier alpha value is -1.36. The standard InChI is InChI=1S/C13H16F2N2O/c14-13(15)11-5-8(16)1-4-12(11)17-6-9-2-3-10(7-17)18-9/h1,4-5,9-10,13H,2-3,6-7,16H2. The molecule has 1 aromatic rings. The molecule has 98 valence electrons. The molecule has 0 aromatic heterocycles. The van der Waals surface area contributed by atoms with Gasteiger partial charge in [-0.3, -0.25) is 0 Å². The number of nitrogens with two attached hydrogens (primary N) is 1. The van der Waals surface area contributed by atoms with Crippen LogP contribution in [-0.4, -0.2) is 25.3 Å². The van der Waals surface area contributed by atoms with Gasteiger partial charge in [-0.15, -0.1) is 0 Å². The van der Waals surface area contributed by atoms with Gasteiger partial charge in [0.25, 0.3) is 6.43 Å². The summed E-state index contributed by atoms with van der Waals surface area (Å²) in [6.07, 6.45) is -0.0667. The van der Waals surface area contributed by atoms with E-state index >= 15 is 0 Å². The van der Waals surface area contributed by atoms with Crippen LogP contribution >= 0.6 is 0 Å².